The quantitative estimate of drug-likeness (QED) is 0.806. The molecule has 1 saturated carbocycles. The molecule has 1 aromatic rings. The minimum absolute atomic E-state index is 0.289. The molecular formula is C15H20FNO3. The molecule has 1 aliphatic rings. The van der Waals surface area contributed by atoms with Gasteiger partial charge in [-0.05, 0) is 38.8 Å². The summed E-state index contributed by atoms with van der Waals surface area (Å²) in [5, 5.41) is 12.5. The second kappa shape index (κ2) is 5.79. The van der Waals surface area contributed by atoms with Crippen molar-refractivity contribution in [1.82, 2.24) is 5.32 Å². The monoisotopic (exact) mass is 281 g/mol. The molecule has 2 N–H and O–H groups in total. The van der Waals surface area contributed by atoms with Crippen LogP contribution in [0.3, 0.4) is 0 Å². The molecule has 110 valence electrons. The maximum atomic E-state index is 13.1. The van der Waals surface area contributed by atoms with E-state index in [2.05, 4.69) is 5.32 Å². The summed E-state index contributed by atoms with van der Waals surface area (Å²) in [7, 11) is 0. The van der Waals surface area contributed by atoms with Crippen molar-refractivity contribution in [3.05, 3.63) is 30.1 Å². The molecule has 2 atom stereocenters. The maximum absolute atomic E-state index is 13.1. The van der Waals surface area contributed by atoms with Gasteiger partial charge in [0.05, 0.1) is 6.10 Å². The van der Waals surface area contributed by atoms with E-state index in [1.165, 1.54) is 12.1 Å². The number of carboxylic acids is 1. The standard InChI is InChI=1S/C15H20FNO3/c1-10(20-13-5-3-4-11(16)8-13)9-15(2,14(18)19)17-12-6-7-12/h3-5,8,10,12,17H,6-7,9H2,1-2H3,(H,18,19). The van der Waals surface area contributed by atoms with Crippen molar-refractivity contribution in [1.29, 1.82) is 0 Å². The number of halogens is 1. The summed E-state index contributed by atoms with van der Waals surface area (Å²) in [6, 6.07) is 6.15. The molecule has 0 amide bonds. The highest BCUT2D eigenvalue weighted by molar-refractivity contribution is 5.78. The molecular weight excluding hydrogens is 261 g/mol. The lowest BCUT2D eigenvalue weighted by Crippen LogP contribution is -2.52. The number of hydrogen-bond acceptors (Lipinski definition) is 3. The first kappa shape index (κ1) is 14.8. The third kappa shape index (κ3) is 3.93. The predicted octanol–water partition coefficient (Wildman–Crippen LogP) is 2.58. The number of ether oxygens (including phenoxy) is 1. The van der Waals surface area contributed by atoms with E-state index in [0.717, 1.165) is 12.8 Å². The van der Waals surface area contributed by atoms with E-state index in [4.69, 9.17) is 4.74 Å². The summed E-state index contributed by atoms with van der Waals surface area (Å²) >= 11 is 0. The largest absolute Gasteiger partial charge is 0.491 e. The topological polar surface area (TPSA) is 58.6 Å². The Morgan fingerprint density at radius 3 is 2.85 bits per heavy atom. The first-order valence-electron chi connectivity index (χ1n) is 6.82. The van der Waals surface area contributed by atoms with Gasteiger partial charge < -0.3 is 9.84 Å². The molecule has 0 aromatic heterocycles. The number of benzene rings is 1. The van der Waals surface area contributed by atoms with Crippen molar-refractivity contribution in [2.45, 2.75) is 50.8 Å². The van der Waals surface area contributed by atoms with Gasteiger partial charge in [-0.3, -0.25) is 10.1 Å². The summed E-state index contributed by atoms with van der Waals surface area (Å²) in [6.07, 6.45) is 2.02. The number of aliphatic carboxylic acids is 1. The Morgan fingerprint density at radius 2 is 2.30 bits per heavy atom. The van der Waals surface area contributed by atoms with Crippen molar-refractivity contribution >= 4 is 5.97 Å². The third-order valence-corrected chi connectivity index (χ3v) is 3.40. The zero-order chi connectivity index (χ0) is 14.8. The van der Waals surface area contributed by atoms with E-state index in [0.29, 0.717) is 12.2 Å². The zero-order valence-corrected chi connectivity index (χ0v) is 11.7. The molecule has 0 radical (unpaired) electrons. The lowest BCUT2D eigenvalue weighted by atomic mass is 9.94. The summed E-state index contributed by atoms with van der Waals surface area (Å²) in [5.41, 5.74) is -1.02. The Labute approximate surface area is 117 Å². The van der Waals surface area contributed by atoms with Crippen LogP contribution in [0.25, 0.3) is 0 Å². The van der Waals surface area contributed by atoms with Crippen LogP contribution in [0.4, 0.5) is 4.39 Å². The number of nitrogens with one attached hydrogen (secondary N) is 1. The molecule has 1 aliphatic carbocycles. The number of carboxylic acid groups (broad SMARTS) is 1. The Balaban J connectivity index is 1.97. The maximum Gasteiger partial charge on any atom is 0.323 e. The van der Waals surface area contributed by atoms with Crippen LogP contribution in [0, 0.1) is 5.82 Å². The molecule has 1 aromatic carbocycles. The Kier molecular flexibility index (Phi) is 4.28. The normalized spacial score (nSPS) is 19.1. The van der Waals surface area contributed by atoms with Crippen LogP contribution in [-0.2, 0) is 4.79 Å². The molecule has 2 rings (SSSR count). The van der Waals surface area contributed by atoms with Crippen LogP contribution in [0.1, 0.15) is 33.1 Å². The van der Waals surface area contributed by atoms with Gasteiger partial charge in [0, 0.05) is 18.5 Å². The second-order valence-corrected chi connectivity index (χ2v) is 5.65. The fraction of sp³-hybridized carbons (Fsp3) is 0.533. The summed E-state index contributed by atoms with van der Waals surface area (Å²) < 4.78 is 18.7. The van der Waals surface area contributed by atoms with Crippen molar-refractivity contribution in [2.24, 2.45) is 0 Å². The van der Waals surface area contributed by atoms with Gasteiger partial charge in [-0.15, -0.1) is 0 Å². The number of carbonyl (C=O) groups is 1. The van der Waals surface area contributed by atoms with E-state index in [1.54, 1.807) is 26.0 Å². The Bertz CT molecular complexity index is 490. The van der Waals surface area contributed by atoms with Crippen LogP contribution in [-0.4, -0.2) is 28.8 Å². The molecule has 1 fully saturated rings. The van der Waals surface area contributed by atoms with Gasteiger partial charge in [-0.2, -0.15) is 0 Å². The van der Waals surface area contributed by atoms with Gasteiger partial charge in [-0.25, -0.2) is 4.39 Å². The molecule has 0 bridgehead atoms. The van der Waals surface area contributed by atoms with Crippen molar-refractivity contribution in [2.75, 3.05) is 0 Å². The molecule has 0 aliphatic heterocycles. The van der Waals surface area contributed by atoms with Crippen LogP contribution in [0.2, 0.25) is 0 Å². The second-order valence-electron chi connectivity index (χ2n) is 5.65. The SMILES string of the molecule is CC(CC(C)(NC1CC1)C(=O)O)Oc1cccc(F)c1. The van der Waals surface area contributed by atoms with Crippen LogP contribution in [0.15, 0.2) is 24.3 Å². The predicted molar refractivity (Wildman–Crippen MR) is 73.3 cm³/mol. The molecule has 4 nitrogen and oxygen atoms in total. The minimum atomic E-state index is -1.02. The molecule has 0 spiro atoms. The van der Waals surface area contributed by atoms with Crippen molar-refractivity contribution < 1.29 is 19.0 Å². The van der Waals surface area contributed by atoms with Gasteiger partial charge >= 0.3 is 5.97 Å². The average Bonchev–Trinajstić information content (AvgIpc) is 3.12. The highest BCUT2D eigenvalue weighted by Crippen LogP contribution is 2.26. The van der Waals surface area contributed by atoms with E-state index >= 15 is 0 Å². The van der Waals surface area contributed by atoms with Crippen molar-refractivity contribution in [3.8, 4) is 5.75 Å². The molecule has 0 saturated heterocycles. The molecule has 5 heteroatoms. The third-order valence-electron chi connectivity index (χ3n) is 3.40. The van der Waals surface area contributed by atoms with Gasteiger partial charge in [-0.1, -0.05) is 6.07 Å². The van der Waals surface area contributed by atoms with Crippen LogP contribution >= 0.6 is 0 Å². The fourth-order valence-corrected chi connectivity index (χ4v) is 2.28. The van der Waals surface area contributed by atoms with Crippen molar-refractivity contribution in [3.63, 3.8) is 0 Å². The average molecular weight is 281 g/mol. The molecule has 20 heavy (non-hydrogen) atoms. The van der Waals surface area contributed by atoms with Crippen LogP contribution < -0.4 is 10.1 Å². The Morgan fingerprint density at radius 1 is 1.60 bits per heavy atom. The summed E-state index contributed by atoms with van der Waals surface area (Å²) in [5.74, 6) is -0.845. The lowest BCUT2D eigenvalue weighted by Gasteiger charge is -2.29. The fourth-order valence-electron chi connectivity index (χ4n) is 2.28. The Hall–Kier alpha value is -1.62. The highest BCUT2D eigenvalue weighted by atomic mass is 19.1. The van der Waals surface area contributed by atoms with Gasteiger partial charge in [0.15, 0.2) is 0 Å². The first-order chi connectivity index (χ1) is 9.39. The van der Waals surface area contributed by atoms with Gasteiger partial charge in [0.25, 0.3) is 0 Å². The van der Waals surface area contributed by atoms with E-state index in [-0.39, 0.29) is 18.0 Å². The van der Waals surface area contributed by atoms with E-state index < -0.39 is 11.5 Å². The molecule has 2 unspecified atom stereocenters. The van der Waals surface area contributed by atoms with Crippen LogP contribution in [0.5, 0.6) is 5.75 Å². The van der Waals surface area contributed by atoms with E-state index in [9.17, 15) is 14.3 Å². The molecule has 0 heterocycles. The smallest absolute Gasteiger partial charge is 0.323 e. The number of rotatable bonds is 7. The summed E-state index contributed by atoms with van der Waals surface area (Å²) in [6.45, 7) is 3.46. The lowest BCUT2D eigenvalue weighted by molar-refractivity contribution is -0.145. The number of hydrogen-bond donors (Lipinski definition) is 2. The first-order valence-corrected chi connectivity index (χ1v) is 6.82. The van der Waals surface area contributed by atoms with Gasteiger partial charge in [0.1, 0.15) is 17.1 Å². The van der Waals surface area contributed by atoms with E-state index in [1.807, 2.05) is 0 Å². The van der Waals surface area contributed by atoms with Gasteiger partial charge in [0.2, 0.25) is 0 Å². The highest BCUT2D eigenvalue weighted by Gasteiger charge is 2.39. The zero-order valence-electron chi connectivity index (χ0n) is 11.7. The minimum Gasteiger partial charge on any atom is -0.491 e. The summed E-state index contributed by atoms with van der Waals surface area (Å²) in [4.78, 5) is 11.4.